The lowest BCUT2D eigenvalue weighted by molar-refractivity contribution is 0.480. The van der Waals surface area contributed by atoms with Crippen LogP contribution in [0.4, 0.5) is 11.5 Å². The van der Waals surface area contributed by atoms with Crippen molar-refractivity contribution in [2.75, 3.05) is 16.8 Å². The molecule has 2 aromatic rings. The first kappa shape index (κ1) is 15.6. The molecule has 5 heteroatoms. The Morgan fingerprint density at radius 1 is 1.43 bits per heavy atom. The molecule has 0 aliphatic carbocycles. The molecule has 1 unspecified atom stereocenters. The van der Waals surface area contributed by atoms with Gasteiger partial charge in [0.05, 0.1) is 11.9 Å². The zero-order valence-corrected chi connectivity index (χ0v) is 13.8. The Kier molecular flexibility index (Phi) is 4.65. The van der Waals surface area contributed by atoms with Gasteiger partial charge in [-0.15, -0.1) is 0 Å². The molecule has 0 radical (unpaired) electrons. The van der Waals surface area contributed by atoms with Crippen LogP contribution < -0.4 is 15.8 Å². The number of rotatable bonds is 4. The van der Waals surface area contributed by atoms with Crippen molar-refractivity contribution in [1.29, 1.82) is 0 Å². The molecule has 2 aromatic heterocycles. The van der Waals surface area contributed by atoms with Crippen molar-refractivity contribution in [3.05, 3.63) is 52.1 Å². The van der Waals surface area contributed by atoms with Crippen LogP contribution in [0.2, 0.25) is 0 Å². The number of H-pyrrole nitrogens is 1. The van der Waals surface area contributed by atoms with Gasteiger partial charge < -0.3 is 15.2 Å². The van der Waals surface area contributed by atoms with Crippen molar-refractivity contribution in [1.82, 2.24) is 9.97 Å². The third-order valence-corrected chi connectivity index (χ3v) is 4.51. The summed E-state index contributed by atoms with van der Waals surface area (Å²) in [5.74, 6) is 1.08. The summed E-state index contributed by atoms with van der Waals surface area (Å²) in [6, 6.07) is 6.33. The van der Waals surface area contributed by atoms with Crippen molar-refractivity contribution in [2.24, 2.45) is 0 Å². The number of piperidine rings is 1. The second kappa shape index (κ2) is 6.86. The highest BCUT2D eigenvalue weighted by Gasteiger charge is 2.21. The van der Waals surface area contributed by atoms with Crippen molar-refractivity contribution in [2.45, 2.75) is 45.7 Å². The number of hydrogen-bond acceptors (Lipinski definition) is 4. The normalized spacial score (nSPS) is 18.0. The Bertz CT molecular complexity index is 725. The molecule has 1 atom stereocenters. The average molecular weight is 312 g/mol. The van der Waals surface area contributed by atoms with Gasteiger partial charge in [-0.25, -0.2) is 4.98 Å². The minimum Gasteiger partial charge on any atom is -0.380 e. The maximum atomic E-state index is 11.7. The zero-order valence-electron chi connectivity index (χ0n) is 13.8. The SMILES string of the molecule is Cc1cc(NCc2ccc[nH]c2=O)cnc1N1CCCCC1C. The summed E-state index contributed by atoms with van der Waals surface area (Å²) in [5.41, 5.74) is 2.78. The van der Waals surface area contributed by atoms with Crippen molar-refractivity contribution in [3.8, 4) is 0 Å². The Hall–Kier alpha value is -2.30. The summed E-state index contributed by atoms with van der Waals surface area (Å²) in [6.45, 7) is 5.95. The molecule has 1 saturated heterocycles. The van der Waals surface area contributed by atoms with E-state index in [1.807, 2.05) is 18.3 Å². The topological polar surface area (TPSA) is 61.0 Å². The van der Waals surface area contributed by atoms with E-state index in [1.54, 1.807) is 6.20 Å². The molecule has 0 saturated carbocycles. The first-order valence-corrected chi connectivity index (χ1v) is 8.29. The Morgan fingerprint density at radius 2 is 2.30 bits per heavy atom. The number of nitrogens with one attached hydrogen (secondary N) is 2. The van der Waals surface area contributed by atoms with Crippen LogP contribution in [0.1, 0.15) is 37.3 Å². The van der Waals surface area contributed by atoms with Crippen molar-refractivity contribution >= 4 is 11.5 Å². The standard InChI is InChI=1S/C18H24N4O/c1-13-10-16(20-11-15-7-5-8-19-18(15)23)12-21-17(13)22-9-4-3-6-14(22)2/h5,7-8,10,12,14,20H,3-4,6,9,11H2,1-2H3,(H,19,23). The van der Waals surface area contributed by atoms with Crippen LogP contribution in [-0.4, -0.2) is 22.6 Å². The van der Waals surface area contributed by atoms with E-state index in [-0.39, 0.29) is 5.56 Å². The third-order valence-electron chi connectivity index (χ3n) is 4.51. The maximum absolute atomic E-state index is 11.7. The molecule has 5 nitrogen and oxygen atoms in total. The molecule has 1 fully saturated rings. The molecule has 0 spiro atoms. The lowest BCUT2D eigenvalue weighted by Crippen LogP contribution is -2.38. The molecule has 1 aliphatic heterocycles. The fourth-order valence-corrected chi connectivity index (χ4v) is 3.17. The monoisotopic (exact) mass is 312 g/mol. The molecule has 0 aromatic carbocycles. The van der Waals surface area contributed by atoms with Crippen LogP contribution >= 0.6 is 0 Å². The molecule has 2 N–H and O–H groups in total. The van der Waals surface area contributed by atoms with Gasteiger partial charge in [-0.2, -0.15) is 0 Å². The van der Waals surface area contributed by atoms with Gasteiger partial charge in [-0.1, -0.05) is 6.07 Å². The van der Waals surface area contributed by atoms with E-state index >= 15 is 0 Å². The van der Waals surface area contributed by atoms with Gasteiger partial charge in [0.15, 0.2) is 0 Å². The fourth-order valence-electron chi connectivity index (χ4n) is 3.17. The van der Waals surface area contributed by atoms with Crippen LogP contribution in [0.3, 0.4) is 0 Å². The Balaban J connectivity index is 1.72. The average Bonchev–Trinajstić information content (AvgIpc) is 2.55. The van der Waals surface area contributed by atoms with Crippen LogP contribution in [-0.2, 0) is 6.54 Å². The molecular weight excluding hydrogens is 288 g/mol. The quantitative estimate of drug-likeness (QED) is 0.911. The molecule has 0 bridgehead atoms. The molecule has 3 heterocycles. The van der Waals surface area contributed by atoms with Gasteiger partial charge in [0.2, 0.25) is 0 Å². The van der Waals surface area contributed by atoms with Gasteiger partial charge in [-0.05, 0) is 50.8 Å². The Labute approximate surface area is 136 Å². The highest BCUT2D eigenvalue weighted by molar-refractivity contribution is 5.55. The lowest BCUT2D eigenvalue weighted by atomic mass is 10.0. The highest BCUT2D eigenvalue weighted by atomic mass is 16.1. The molecule has 0 amide bonds. The van der Waals surface area contributed by atoms with E-state index in [0.717, 1.165) is 23.6 Å². The van der Waals surface area contributed by atoms with E-state index in [4.69, 9.17) is 0 Å². The van der Waals surface area contributed by atoms with E-state index in [2.05, 4.69) is 40.1 Å². The predicted octanol–water partition coefficient (Wildman–Crippen LogP) is 3.07. The Morgan fingerprint density at radius 3 is 3.04 bits per heavy atom. The van der Waals surface area contributed by atoms with E-state index in [9.17, 15) is 4.79 Å². The molecule has 3 rings (SSSR count). The van der Waals surface area contributed by atoms with Crippen LogP contribution in [0, 0.1) is 6.92 Å². The lowest BCUT2D eigenvalue weighted by Gasteiger charge is -2.35. The molecule has 23 heavy (non-hydrogen) atoms. The summed E-state index contributed by atoms with van der Waals surface area (Å²) in [7, 11) is 0. The number of hydrogen-bond donors (Lipinski definition) is 2. The second-order valence-corrected chi connectivity index (χ2v) is 6.28. The number of anilines is 2. The largest absolute Gasteiger partial charge is 0.380 e. The summed E-state index contributed by atoms with van der Waals surface area (Å²) in [6.07, 6.45) is 7.29. The maximum Gasteiger partial charge on any atom is 0.252 e. The van der Waals surface area contributed by atoms with Crippen LogP contribution in [0.25, 0.3) is 0 Å². The van der Waals surface area contributed by atoms with Gasteiger partial charge in [0.1, 0.15) is 5.82 Å². The number of aryl methyl sites for hydroxylation is 1. The number of pyridine rings is 2. The van der Waals surface area contributed by atoms with Gasteiger partial charge >= 0.3 is 0 Å². The van der Waals surface area contributed by atoms with E-state index in [1.165, 1.54) is 24.8 Å². The van der Waals surface area contributed by atoms with Gasteiger partial charge in [0.25, 0.3) is 5.56 Å². The summed E-state index contributed by atoms with van der Waals surface area (Å²) in [4.78, 5) is 21.4. The zero-order chi connectivity index (χ0) is 16.2. The summed E-state index contributed by atoms with van der Waals surface area (Å²) in [5, 5.41) is 3.28. The van der Waals surface area contributed by atoms with Crippen molar-refractivity contribution < 1.29 is 0 Å². The fraction of sp³-hybridized carbons (Fsp3) is 0.444. The number of nitrogens with zero attached hydrogens (tertiary/aromatic N) is 2. The molecule has 1 aliphatic rings. The van der Waals surface area contributed by atoms with Crippen LogP contribution in [0.5, 0.6) is 0 Å². The smallest absolute Gasteiger partial charge is 0.252 e. The number of aromatic amines is 1. The highest BCUT2D eigenvalue weighted by Crippen LogP contribution is 2.27. The van der Waals surface area contributed by atoms with E-state index in [0.29, 0.717) is 12.6 Å². The van der Waals surface area contributed by atoms with Crippen molar-refractivity contribution in [3.63, 3.8) is 0 Å². The minimum atomic E-state index is -0.0524. The van der Waals surface area contributed by atoms with Gasteiger partial charge in [-0.3, -0.25) is 4.79 Å². The molecule has 122 valence electrons. The van der Waals surface area contributed by atoms with Gasteiger partial charge in [0, 0.05) is 30.9 Å². The predicted molar refractivity (Wildman–Crippen MR) is 94.0 cm³/mol. The number of aromatic nitrogens is 2. The summed E-state index contributed by atoms with van der Waals surface area (Å²) < 4.78 is 0. The van der Waals surface area contributed by atoms with Crippen LogP contribution in [0.15, 0.2) is 35.4 Å². The second-order valence-electron chi connectivity index (χ2n) is 6.28. The molecular formula is C18H24N4O. The van der Waals surface area contributed by atoms with E-state index < -0.39 is 0 Å². The third kappa shape index (κ3) is 3.55. The first-order valence-electron chi connectivity index (χ1n) is 8.29. The first-order chi connectivity index (χ1) is 11.1. The minimum absolute atomic E-state index is 0.0524. The summed E-state index contributed by atoms with van der Waals surface area (Å²) >= 11 is 0.